The molecule has 172 valence electrons. The highest BCUT2D eigenvalue weighted by atomic mass is 16.3. The van der Waals surface area contributed by atoms with Gasteiger partial charge in [-0.3, -0.25) is 0 Å². The molecule has 0 spiro atoms. The van der Waals surface area contributed by atoms with Crippen molar-refractivity contribution in [1.82, 2.24) is 0 Å². The second-order valence-electron chi connectivity index (χ2n) is 12.8. The number of aliphatic hydroxyl groups excluding tert-OH is 1. The molecule has 2 N–H and O–H groups in total. The normalized spacial score (nSPS) is 44.6. The quantitative estimate of drug-likeness (QED) is 0.463. The lowest BCUT2D eigenvalue weighted by Crippen LogP contribution is -2.50. The minimum absolute atomic E-state index is 0.0669. The monoisotopic (exact) mass is 416 g/mol. The summed E-state index contributed by atoms with van der Waals surface area (Å²) in [7, 11) is 0. The minimum Gasteiger partial charge on any atom is -0.393 e. The zero-order valence-electron chi connectivity index (χ0n) is 20.5. The molecular weight excluding hydrogens is 368 g/mol. The molecule has 0 saturated heterocycles. The van der Waals surface area contributed by atoms with Gasteiger partial charge in [-0.15, -0.1) is 0 Å². The third-order valence-corrected chi connectivity index (χ3v) is 10.6. The first kappa shape index (κ1) is 22.8. The lowest BCUT2D eigenvalue weighted by Gasteiger charge is -2.56. The number of hydrogen-bond acceptors (Lipinski definition) is 2. The van der Waals surface area contributed by atoms with Crippen LogP contribution in [0.4, 0.5) is 0 Å². The van der Waals surface area contributed by atoms with Crippen LogP contribution in [0.5, 0.6) is 0 Å². The molecule has 4 rings (SSSR count). The van der Waals surface area contributed by atoms with Gasteiger partial charge in [-0.05, 0) is 98.2 Å². The summed E-state index contributed by atoms with van der Waals surface area (Å²) < 4.78 is 0. The van der Waals surface area contributed by atoms with Crippen LogP contribution in [0.3, 0.4) is 0 Å². The van der Waals surface area contributed by atoms with Gasteiger partial charge in [0.2, 0.25) is 0 Å². The first-order valence-electron chi connectivity index (χ1n) is 13.2. The largest absolute Gasteiger partial charge is 0.393 e. The standard InChI is InChI=1S/C28H48O2/c1-19(2)7-6-8-20(3)23-11-12-24-22-10-9-21-17-28(30,18-29)16-15-26(21,4)25(22)13-14-27(23,24)5/h19-21,23-24,29-30H,6-18H2,1-5H3/t20-,21+,23-,24+,26+,27-,28+/m1/s1. The Balaban J connectivity index is 1.52. The van der Waals surface area contributed by atoms with Crippen molar-refractivity contribution in [2.45, 2.75) is 117 Å². The SMILES string of the molecule is CC(C)CCC[C@@H](C)[C@H]1CC[C@H]2C3=C(CC[C@]12C)[C@@]1(C)CC[C@@](O)(CO)C[C@@H]1CC3. The van der Waals surface area contributed by atoms with E-state index >= 15 is 0 Å². The molecule has 0 amide bonds. The molecule has 0 aromatic heterocycles. The fraction of sp³-hybridized carbons (Fsp3) is 0.929. The molecule has 2 saturated carbocycles. The van der Waals surface area contributed by atoms with Gasteiger partial charge in [0.1, 0.15) is 0 Å². The fourth-order valence-electron chi connectivity index (χ4n) is 8.70. The van der Waals surface area contributed by atoms with Crippen molar-refractivity contribution in [2.75, 3.05) is 6.61 Å². The van der Waals surface area contributed by atoms with E-state index in [-0.39, 0.29) is 12.0 Å². The summed E-state index contributed by atoms with van der Waals surface area (Å²) in [5.74, 6) is 3.97. The number of allylic oxidation sites excluding steroid dienone is 2. The number of fused-ring (bicyclic) bond motifs is 4. The molecule has 4 aliphatic rings. The molecule has 2 heteroatoms. The zero-order chi connectivity index (χ0) is 21.7. The summed E-state index contributed by atoms with van der Waals surface area (Å²) in [4.78, 5) is 0. The Labute approximate surface area is 185 Å². The molecule has 2 fully saturated rings. The van der Waals surface area contributed by atoms with E-state index < -0.39 is 5.60 Å². The smallest absolute Gasteiger partial charge is 0.0880 e. The number of hydrogen-bond donors (Lipinski definition) is 2. The molecule has 0 unspecified atom stereocenters. The Kier molecular flexibility index (Phi) is 6.26. The van der Waals surface area contributed by atoms with Gasteiger partial charge < -0.3 is 10.2 Å². The van der Waals surface area contributed by atoms with Gasteiger partial charge in [0.15, 0.2) is 0 Å². The van der Waals surface area contributed by atoms with Crippen molar-refractivity contribution in [2.24, 2.45) is 40.4 Å². The third kappa shape index (κ3) is 3.72. The van der Waals surface area contributed by atoms with E-state index in [0.717, 1.165) is 42.9 Å². The van der Waals surface area contributed by atoms with Crippen molar-refractivity contribution < 1.29 is 10.2 Å². The van der Waals surface area contributed by atoms with E-state index in [0.29, 0.717) is 11.3 Å². The van der Waals surface area contributed by atoms with Crippen molar-refractivity contribution in [3.8, 4) is 0 Å². The van der Waals surface area contributed by atoms with Crippen LogP contribution in [0, 0.1) is 40.4 Å². The maximum Gasteiger partial charge on any atom is 0.0880 e. The van der Waals surface area contributed by atoms with E-state index in [1.165, 1.54) is 57.8 Å². The predicted molar refractivity (Wildman–Crippen MR) is 125 cm³/mol. The predicted octanol–water partition coefficient (Wildman–Crippen LogP) is 6.90. The van der Waals surface area contributed by atoms with Crippen molar-refractivity contribution in [1.29, 1.82) is 0 Å². The summed E-state index contributed by atoms with van der Waals surface area (Å²) in [5.41, 5.74) is 3.62. The molecule has 0 aromatic rings. The van der Waals surface area contributed by atoms with Gasteiger partial charge >= 0.3 is 0 Å². The number of aliphatic hydroxyl groups is 2. The Morgan fingerprint density at radius 2 is 1.73 bits per heavy atom. The van der Waals surface area contributed by atoms with Gasteiger partial charge in [-0.2, -0.15) is 0 Å². The average molecular weight is 417 g/mol. The Morgan fingerprint density at radius 1 is 0.967 bits per heavy atom. The highest BCUT2D eigenvalue weighted by Crippen LogP contribution is 2.66. The minimum atomic E-state index is -0.824. The molecule has 7 atom stereocenters. The molecule has 0 bridgehead atoms. The van der Waals surface area contributed by atoms with Crippen LogP contribution in [0.2, 0.25) is 0 Å². The van der Waals surface area contributed by atoms with Crippen LogP contribution in [0.15, 0.2) is 11.1 Å². The molecule has 0 heterocycles. The maximum atomic E-state index is 10.8. The zero-order valence-corrected chi connectivity index (χ0v) is 20.5. The van der Waals surface area contributed by atoms with Gasteiger partial charge in [-0.1, -0.05) is 65.0 Å². The first-order valence-corrected chi connectivity index (χ1v) is 13.2. The maximum absolute atomic E-state index is 10.8. The summed E-state index contributed by atoms with van der Waals surface area (Å²) in [6.07, 6.45) is 14.8. The average Bonchev–Trinajstić information content (AvgIpc) is 3.05. The van der Waals surface area contributed by atoms with Gasteiger partial charge in [-0.25, -0.2) is 0 Å². The van der Waals surface area contributed by atoms with Crippen LogP contribution >= 0.6 is 0 Å². The van der Waals surface area contributed by atoms with Crippen molar-refractivity contribution in [3.63, 3.8) is 0 Å². The summed E-state index contributed by atoms with van der Waals surface area (Å²) in [6.45, 7) is 12.4. The van der Waals surface area contributed by atoms with E-state index in [1.807, 2.05) is 5.57 Å². The van der Waals surface area contributed by atoms with Crippen LogP contribution < -0.4 is 0 Å². The second-order valence-corrected chi connectivity index (χ2v) is 12.8. The molecular formula is C28H48O2. The Bertz CT molecular complexity index is 666. The summed E-state index contributed by atoms with van der Waals surface area (Å²) in [6, 6.07) is 0. The number of rotatable bonds is 6. The summed E-state index contributed by atoms with van der Waals surface area (Å²) in [5, 5.41) is 20.5. The Morgan fingerprint density at radius 3 is 2.43 bits per heavy atom. The summed E-state index contributed by atoms with van der Waals surface area (Å²) >= 11 is 0. The van der Waals surface area contributed by atoms with Gasteiger partial charge in [0, 0.05) is 0 Å². The van der Waals surface area contributed by atoms with Gasteiger partial charge in [0.25, 0.3) is 0 Å². The van der Waals surface area contributed by atoms with Crippen LogP contribution in [0.25, 0.3) is 0 Å². The topological polar surface area (TPSA) is 40.5 Å². The Hall–Kier alpha value is -0.340. The molecule has 30 heavy (non-hydrogen) atoms. The lowest BCUT2D eigenvalue weighted by atomic mass is 9.49. The van der Waals surface area contributed by atoms with Crippen LogP contribution in [-0.4, -0.2) is 22.4 Å². The molecule has 0 aromatic carbocycles. The van der Waals surface area contributed by atoms with Crippen molar-refractivity contribution >= 4 is 0 Å². The van der Waals surface area contributed by atoms with Crippen molar-refractivity contribution in [3.05, 3.63) is 11.1 Å². The van der Waals surface area contributed by atoms with E-state index in [4.69, 9.17) is 0 Å². The van der Waals surface area contributed by atoms with E-state index in [1.54, 1.807) is 5.57 Å². The molecule has 2 nitrogen and oxygen atoms in total. The highest BCUT2D eigenvalue weighted by Gasteiger charge is 2.56. The van der Waals surface area contributed by atoms with Crippen LogP contribution in [0.1, 0.15) is 112 Å². The molecule has 4 aliphatic carbocycles. The fourth-order valence-corrected chi connectivity index (χ4v) is 8.70. The third-order valence-electron chi connectivity index (χ3n) is 10.6. The lowest BCUT2D eigenvalue weighted by molar-refractivity contribution is -0.0915. The van der Waals surface area contributed by atoms with Gasteiger partial charge in [0.05, 0.1) is 12.2 Å². The van der Waals surface area contributed by atoms with E-state index in [9.17, 15) is 10.2 Å². The molecule has 0 radical (unpaired) electrons. The molecule has 0 aliphatic heterocycles. The first-order chi connectivity index (χ1) is 14.1. The highest BCUT2D eigenvalue weighted by molar-refractivity contribution is 5.34. The second kappa shape index (κ2) is 8.22. The van der Waals surface area contributed by atoms with E-state index in [2.05, 4.69) is 34.6 Å². The van der Waals surface area contributed by atoms with Crippen LogP contribution in [-0.2, 0) is 0 Å².